The van der Waals surface area contributed by atoms with Crippen molar-refractivity contribution in [2.45, 2.75) is 64.5 Å². The summed E-state index contributed by atoms with van der Waals surface area (Å²) in [6.45, 7) is 6.74. The Balaban J connectivity index is 1.51. The Morgan fingerprint density at radius 1 is 1.14 bits per heavy atom. The third kappa shape index (κ3) is 1.39. The van der Waals surface area contributed by atoms with Crippen molar-refractivity contribution in [3.8, 4) is 0 Å². The predicted octanol–water partition coefficient (Wildman–Crippen LogP) is 4.71. The Morgan fingerprint density at radius 3 is 2.73 bits per heavy atom. The first-order chi connectivity index (χ1) is 10.5. The van der Waals surface area contributed by atoms with E-state index in [1.807, 2.05) is 0 Å². The molecule has 0 N–H and O–H groups in total. The summed E-state index contributed by atoms with van der Waals surface area (Å²) in [6.07, 6.45) is 7.46. The van der Waals surface area contributed by atoms with Gasteiger partial charge in [0.25, 0.3) is 0 Å². The minimum absolute atomic E-state index is 0.0917. The second-order valence-corrected chi connectivity index (χ2v) is 9.22. The van der Waals surface area contributed by atoms with Gasteiger partial charge in [-0.25, -0.2) is 4.39 Å². The molecule has 0 radical (unpaired) electrons. The molecule has 22 heavy (non-hydrogen) atoms. The van der Waals surface area contributed by atoms with E-state index in [0.29, 0.717) is 29.5 Å². The lowest BCUT2D eigenvalue weighted by Crippen LogP contribution is -2.52. The number of allylic oxidation sites excluding steroid dienone is 1. The molecular weight excluding hydrogens is 275 g/mol. The van der Waals surface area contributed by atoms with Crippen molar-refractivity contribution in [3.05, 3.63) is 12.2 Å². The van der Waals surface area contributed by atoms with Crippen molar-refractivity contribution < 1.29 is 9.18 Å². The lowest BCUT2D eigenvalue weighted by Gasteiger charge is -2.56. The molecule has 0 bridgehead atoms. The molecule has 5 aliphatic carbocycles. The average Bonchev–Trinajstić information content (AvgIpc) is 3.18. The number of carbonyl (C=O) groups excluding carboxylic acids is 1. The van der Waals surface area contributed by atoms with Gasteiger partial charge in [0.05, 0.1) is 0 Å². The number of ketones is 1. The van der Waals surface area contributed by atoms with E-state index >= 15 is 4.39 Å². The highest BCUT2D eigenvalue weighted by molar-refractivity contribution is 5.86. The fourth-order valence-corrected chi connectivity index (χ4v) is 7.57. The molecule has 5 fully saturated rings. The quantitative estimate of drug-likeness (QED) is 0.592. The molecule has 8 atom stereocenters. The molecule has 0 heterocycles. The molecule has 0 aliphatic heterocycles. The van der Waals surface area contributed by atoms with Crippen molar-refractivity contribution in [2.24, 2.45) is 40.4 Å². The summed E-state index contributed by atoms with van der Waals surface area (Å²) in [7, 11) is 0. The Labute approximate surface area is 132 Å². The molecule has 0 saturated heterocycles. The van der Waals surface area contributed by atoms with Crippen molar-refractivity contribution >= 4 is 5.78 Å². The normalized spacial score (nSPS) is 59.4. The van der Waals surface area contributed by atoms with Crippen LogP contribution in [0, 0.1) is 40.4 Å². The number of carbonyl (C=O) groups is 1. The summed E-state index contributed by atoms with van der Waals surface area (Å²) < 4.78 is 15.2. The molecule has 0 aromatic carbocycles. The van der Waals surface area contributed by atoms with Crippen LogP contribution in [0.25, 0.3) is 0 Å². The van der Waals surface area contributed by atoms with Gasteiger partial charge in [0.2, 0.25) is 0 Å². The fourth-order valence-electron chi connectivity index (χ4n) is 7.57. The molecular formula is C20H27FO. The van der Waals surface area contributed by atoms with E-state index < -0.39 is 6.17 Å². The van der Waals surface area contributed by atoms with E-state index in [4.69, 9.17) is 0 Å². The summed E-state index contributed by atoms with van der Waals surface area (Å²) >= 11 is 0. The van der Waals surface area contributed by atoms with Crippen LogP contribution < -0.4 is 0 Å². The van der Waals surface area contributed by atoms with Gasteiger partial charge in [-0.2, -0.15) is 0 Å². The fraction of sp³-hybridized carbons (Fsp3) is 0.850. The van der Waals surface area contributed by atoms with Crippen LogP contribution in [0.4, 0.5) is 4.39 Å². The number of fused-ring (bicyclic) bond motifs is 4. The molecule has 5 saturated carbocycles. The third-order valence-corrected chi connectivity index (χ3v) is 8.85. The van der Waals surface area contributed by atoms with Crippen LogP contribution in [0.1, 0.15) is 58.3 Å². The maximum Gasteiger partial charge on any atom is 0.136 e. The lowest BCUT2D eigenvalue weighted by molar-refractivity contribution is -0.132. The van der Waals surface area contributed by atoms with Gasteiger partial charge < -0.3 is 0 Å². The SMILES string of the molecule is C=C1CCC2C3C[C@H](F)[C@]45CC4C(=O)CCC5C3CCC12C. The topological polar surface area (TPSA) is 17.1 Å². The number of hydrogen-bond donors (Lipinski definition) is 0. The molecule has 5 aliphatic rings. The summed E-state index contributed by atoms with van der Waals surface area (Å²) in [5, 5.41) is 0. The number of rotatable bonds is 0. The van der Waals surface area contributed by atoms with E-state index in [0.717, 1.165) is 32.1 Å². The van der Waals surface area contributed by atoms with Crippen LogP contribution in [0.3, 0.4) is 0 Å². The summed E-state index contributed by atoms with van der Waals surface area (Å²) in [5.41, 5.74) is 1.49. The monoisotopic (exact) mass is 302 g/mol. The first-order valence-corrected chi connectivity index (χ1v) is 9.33. The Hall–Kier alpha value is -0.660. The standard InChI is InChI=1S/C20H27FO/c1-11-3-4-14-13-9-18(21)20-10-16(20)17(22)6-5-15(20)12(13)7-8-19(11,14)2/h12-16,18H,1,3-10H2,2H3/t12?,13?,14?,15?,16?,18-,19?,20-/m0/s1. The van der Waals surface area contributed by atoms with Crippen LogP contribution in [0.15, 0.2) is 12.2 Å². The van der Waals surface area contributed by atoms with E-state index in [-0.39, 0.29) is 16.7 Å². The second kappa shape index (κ2) is 4.05. The van der Waals surface area contributed by atoms with Crippen molar-refractivity contribution in [3.63, 3.8) is 0 Å². The zero-order valence-corrected chi connectivity index (χ0v) is 13.6. The molecule has 120 valence electrons. The zero-order valence-electron chi connectivity index (χ0n) is 13.6. The third-order valence-electron chi connectivity index (χ3n) is 8.85. The van der Waals surface area contributed by atoms with Gasteiger partial charge >= 0.3 is 0 Å². The van der Waals surface area contributed by atoms with E-state index in [9.17, 15) is 4.79 Å². The molecule has 0 aromatic rings. The van der Waals surface area contributed by atoms with E-state index in [2.05, 4.69) is 13.5 Å². The average molecular weight is 302 g/mol. The van der Waals surface area contributed by atoms with Crippen LogP contribution in [-0.4, -0.2) is 12.0 Å². The molecule has 1 spiro atoms. The second-order valence-electron chi connectivity index (χ2n) is 9.22. The predicted molar refractivity (Wildman–Crippen MR) is 84.0 cm³/mol. The van der Waals surface area contributed by atoms with E-state index in [1.54, 1.807) is 0 Å². The Kier molecular flexibility index (Phi) is 2.53. The highest BCUT2D eigenvalue weighted by atomic mass is 19.1. The van der Waals surface area contributed by atoms with Gasteiger partial charge in [-0.05, 0) is 74.0 Å². The zero-order chi connectivity index (χ0) is 15.3. The van der Waals surface area contributed by atoms with Crippen LogP contribution >= 0.6 is 0 Å². The van der Waals surface area contributed by atoms with Crippen molar-refractivity contribution in [1.82, 2.24) is 0 Å². The van der Waals surface area contributed by atoms with Gasteiger partial charge in [-0.3, -0.25) is 4.79 Å². The molecule has 1 nitrogen and oxygen atoms in total. The minimum atomic E-state index is -0.718. The molecule has 0 aromatic heterocycles. The number of hydrogen-bond acceptors (Lipinski definition) is 1. The summed E-state index contributed by atoms with van der Waals surface area (Å²) in [6, 6.07) is 0. The van der Waals surface area contributed by atoms with Crippen molar-refractivity contribution in [2.75, 3.05) is 0 Å². The number of alkyl halides is 1. The van der Waals surface area contributed by atoms with Crippen LogP contribution in [0.2, 0.25) is 0 Å². The van der Waals surface area contributed by atoms with Gasteiger partial charge in [0.1, 0.15) is 12.0 Å². The lowest BCUT2D eigenvalue weighted by atomic mass is 9.49. The summed E-state index contributed by atoms with van der Waals surface area (Å²) in [5.74, 6) is 2.86. The number of halogens is 1. The maximum atomic E-state index is 15.2. The van der Waals surface area contributed by atoms with Gasteiger partial charge in [0.15, 0.2) is 0 Å². The van der Waals surface area contributed by atoms with Gasteiger partial charge in [0, 0.05) is 17.8 Å². The van der Waals surface area contributed by atoms with Crippen molar-refractivity contribution in [1.29, 1.82) is 0 Å². The minimum Gasteiger partial charge on any atom is -0.299 e. The molecule has 2 heteroatoms. The Bertz CT molecular complexity index is 568. The first-order valence-electron chi connectivity index (χ1n) is 9.33. The van der Waals surface area contributed by atoms with Gasteiger partial charge in [-0.15, -0.1) is 0 Å². The van der Waals surface area contributed by atoms with Crippen LogP contribution in [-0.2, 0) is 4.79 Å². The Morgan fingerprint density at radius 2 is 1.91 bits per heavy atom. The highest BCUT2D eigenvalue weighted by Gasteiger charge is 2.73. The maximum absolute atomic E-state index is 15.2. The van der Waals surface area contributed by atoms with Gasteiger partial charge in [-0.1, -0.05) is 19.1 Å². The van der Waals surface area contributed by atoms with Crippen LogP contribution in [0.5, 0.6) is 0 Å². The van der Waals surface area contributed by atoms with E-state index in [1.165, 1.54) is 24.8 Å². The molecule has 5 rings (SSSR count). The number of Topliss-reactive ketones (excluding diaryl/α,β-unsaturated/α-hetero) is 1. The first kappa shape index (κ1) is 13.7. The molecule has 6 unspecified atom stereocenters. The highest BCUT2D eigenvalue weighted by Crippen LogP contribution is 2.74. The largest absolute Gasteiger partial charge is 0.299 e. The molecule has 0 amide bonds. The summed E-state index contributed by atoms with van der Waals surface area (Å²) in [4.78, 5) is 12.1. The smallest absolute Gasteiger partial charge is 0.136 e.